The highest BCUT2D eigenvalue weighted by atomic mass is 16.4. The Morgan fingerprint density at radius 1 is 1.50 bits per heavy atom. The first-order chi connectivity index (χ1) is 8.63. The Balaban J connectivity index is 2.33. The van der Waals surface area contributed by atoms with Crippen LogP contribution in [0, 0.1) is 0 Å². The lowest BCUT2D eigenvalue weighted by Gasteiger charge is -2.11. The number of hydrogen-bond donors (Lipinski definition) is 1. The number of carboxylic acids is 1. The molecule has 0 aliphatic heterocycles. The van der Waals surface area contributed by atoms with E-state index in [-0.39, 0.29) is 11.6 Å². The largest absolute Gasteiger partial charge is 0.478 e. The molecule has 0 aliphatic rings. The van der Waals surface area contributed by atoms with Crippen LogP contribution < -0.4 is 0 Å². The molecule has 1 aromatic heterocycles. The zero-order chi connectivity index (χ0) is 13.1. The molecule has 1 aromatic carbocycles. The molecule has 1 unspecified atom stereocenters. The van der Waals surface area contributed by atoms with Crippen molar-refractivity contribution in [3.05, 3.63) is 23.8 Å². The maximum absolute atomic E-state index is 10.9. The van der Waals surface area contributed by atoms with Gasteiger partial charge in [0, 0.05) is 0 Å². The minimum atomic E-state index is -0.939. The van der Waals surface area contributed by atoms with Crippen molar-refractivity contribution in [1.29, 1.82) is 0 Å². The van der Waals surface area contributed by atoms with Crippen molar-refractivity contribution in [1.82, 2.24) is 15.0 Å². The Bertz CT molecular complexity index is 562. The Morgan fingerprint density at radius 3 is 2.94 bits per heavy atom. The van der Waals surface area contributed by atoms with Gasteiger partial charge >= 0.3 is 5.97 Å². The van der Waals surface area contributed by atoms with Gasteiger partial charge in [0.25, 0.3) is 0 Å². The third kappa shape index (κ3) is 2.34. The van der Waals surface area contributed by atoms with E-state index < -0.39 is 5.97 Å². The summed E-state index contributed by atoms with van der Waals surface area (Å²) >= 11 is 0. The standard InChI is InChI=1S/C13H17N3O2/c1-3-4-5-9(2)16-12-7-6-10(13(17)18)8-11(12)14-15-16/h6-9H,3-5H2,1-2H3,(H,17,18). The number of unbranched alkanes of at least 4 members (excludes halogenated alkanes) is 1. The monoisotopic (exact) mass is 247 g/mol. The summed E-state index contributed by atoms with van der Waals surface area (Å²) in [6, 6.07) is 5.22. The van der Waals surface area contributed by atoms with Crippen molar-refractivity contribution in [3.63, 3.8) is 0 Å². The summed E-state index contributed by atoms with van der Waals surface area (Å²) in [6.45, 7) is 4.26. The van der Waals surface area contributed by atoms with Gasteiger partial charge in [-0.3, -0.25) is 0 Å². The van der Waals surface area contributed by atoms with E-state index in [2.05, 4.69) is 24.2 Å². The molecule has 2 rings (SSSR count). The van der Waals surface area contributed by atoms with Crippen LogP contribution in [-0.4, -0.2) is 26.1 Å². The number of fused-ring (bicyclic) bond motifs is 1. The van der Waals surface area contributed by atoms with Crippen LogP contribution in [0.2, 0.25) is 0 Å². The number of hydrogen-bond acceptors (Lipinski definition) is 3. The molecule has 0 saturated heterocycles. The van der Waals surface area contributed by atoms with Gasteiger partial charge < -0.3 is 5.11 Å². The van der Waals surface area contributed by atoms with E-state index in [0.29, 0.717) is 5.52 Å². The number of carbonyl (C=O) groups is 1. The predicted octanol–water partition coefficient (Wildman–Crippen LogP) is 2.88. The van der Waals surface area contributed by atoms with Crippen molar-refractivity contribution in [2.75, 3.05) is 0 Å². The number of benzene rings is 1. The third-order valence-electron chi connectivity index (χ3n) is 3.11. The SMILES string of the molecule is CCCCC(C)n1nnc2cc(C(=O)O)ccc21. The molecule has 96 valence electrons. The van der Waals surface area contributed by atoms with Gasteiger partial charge in [0.15, 0.2) is 0 Å². The van der Waals surface area contributed by atoms with Crippen molar-refractivity contribution in [3.8, 4) is 0 Å². The molecule has 0 saturated carbocycles. The van der Waals surface area contributed by atoms with Crippen molar-refractivity contribution < 1.29 is 9.90 Å². The van der Waals surface area contributed by atoms with Crippen molar-refractivity contribution >= 4 is 17.0 Å². The quantitative estimate of drug-likeness (QED) is 0.882. The van der Waals surface area contributed by atoms with E-state index in [9.17, 15) is 4.79 Å². The number of rotatable bonds is 5. The second-order valence-electron chi connectivity index (χ2n) is 4.53. The molecule has 0 radical (unpaired) electrons. The summed E-state index contributed by atoms with van der Waals surface area (Å²) < 4.78 is 1.87. The third-order valence-corrected chi connectivity index (χ3v) is 3.11. The van der Waals surface area contributed by atoms with E-state index >= 15 is 0 Å². The number of nitrogens with zero attached hydrogens (tertiary/aromatic N) is 3. The molecule has 0 fully saturated rings. The zero-order valence-corrected chi connectivity index (χ0v) is 10.6. The number of aromatic nitrogens is 3. The first-order valence-corrected chi connectivity index (χ1v) is 6.21. The van der Waals surface area contributed by atoms with Crippen LogP contribution >= 0.6 is 0 Å². The zero-order valence-electron chi connectivity index (χ0n) is 10.6. The van der Waals surface area contributed by atoms with Crippen LogP contribution in [0.1, 0.15) is 49.5 Å². The van der Waals surface area contributed by atoms with Gasteiger partial charge in [0.1, 0.15) is 5.52 Å². The minimum Gasteiger partial charge on any atom is -0.478 e. The Morgan fingerprint density at radius 2 is 2.28 bits per heavy atom. The fourth-order valence-corrected chi connectivity index (χ4v) is 2.02. The normalized spacial score (nSPS) is 12.8. The van der Waals surface area contributed by atoms with E-state index in [0.717, 1.165) is 24.8 Å². The Kier molecular flexibility index (Phi) is 3.60. The molecule has 1 heterocycles. The molecule has 5 nitrogen and oxygen atoms in total. The highest BCUT2D eigenvalue weighted by Crippen LogP contribution is 2.20. The lowest BCUT2D eigenvalue weighted by Crippen LogP contribution is -2.07. The summed E-state index contributed by atoms with van der Waals surface area (Å²) in [5.41, 5.74) is 1.78. The van der Waals surface area contributed by atoms with Crippen molar-refractivity contribution in [2.24, 2.45) is 0 Å². The summed E-state index contributed by atoms with van der Waals surface area (Å²) in [7, 11) is 0. The fraction of sp³-hybridized carbons (Fsp3) is 0.462. The predicted molar refractivity (Wildman–Crippen MR) is 68.7 cm³/mol. The van der Waals surface area contributed by atoms with Crippen LogP contribution in [0.15, 0.2) is 18.2 Å². The maximum atomic E-state index is 10.9. The fourth-order valence-electron chi connectivity index (χ4n) is 2.02. The first-order valence-electron chi connectivity index (χ1n) is 6.21. The van der Waals surface area contributed by atoms with Crippen LogP contribution in [0.3, 0.4) is 0 Å². The lowest BCUT2D eigenvalue weighted by atomic mass is 10.1. The highest BCUT2D eigenvalue weighted by molar-refractivity contribution is 5.92. The van der Waals surface area contributed by atoms with Gasteiger partial charge in [-0.1, -0.05) is 25.0 Å². The highest BCUT2D eigenvalue weighted by Gasteiger charge is 2.12. The van der Waals surface area contributed by atoms with E-state index in [4.69, 9.17) is 5.11 Å². The molecule has 0 spiro atoms. The molecular formula is C13H17N3O2. The second kappa shape index (κ2) is 5.16. The van der Waals surface area contributed by atoms with Gasteiger partial charge in [-0.15, -0.1) is 5.10 Å². The minimum absolute atomic E-state index is 0.246. The molecule has 2 aromatic rings. The second-order valence-corrected chi connectivity index (χ2v) is 4.53. The van der Waals surface area contributed by atoms with E-state index in [1.54, 1.807) is 18.2 Å². The first kappa shape index (κ1) is 12.5. The summed E-state index contributed by atoms with van der Waals surface area (Å²) in [6.07, 6.45) is 3.35. The van der Waals surface area contributed by atoms with Crippen molar-refractivity contribution in [2.45, 2.75) is 39.2 Å². The Labute approximate surface area is 105 Å². The lowest BCUT2D eigenvalue weighted by molar-refractivity contribution is 0.0697. The molecule has 18 heavy (non-hydrogen) atoms. The van der Waals surface area contributed by atoms with Crippen LogP contribution in [-0.2, 0) is 0 Å². The van der Waals surface area contributed by atoms with Gasteiger partial charge in [-0.2, -0.15) is 0 Å². The topological polar surface area (TPSA) is 68.0 Å². The number of carboxylic acid groups (broad SMARTS) is 1. The van der Waals surface area contributed by atoms with Crippen LogP contribution in [0.5, 0.6) is 0 Å². The smallest absolute Gasteiger partial charge is 0.335 e. The summed E-state index contributed by atoms with van der Waals surface area (Å²) in [5.74, 6) is -0.939. The molecule has 0 amide bonds. The average molecular weight is 247 g/mol. The van der Waals surface area contributed by atoms with E-state index in [1.165, 1.54) is 0 Å². The maximum Gasteiger partial charge on any atom is 0.335 e. The molecule has 1 N–H and O–H groups in total. The van der Waals surface area contributed by atoms with Crippen LogP contribution in [0.4, 0.5) is 0 Å². The molecular weight excluding hydrogens is 230 g/mol. The summed E-state index contributed by atoms with van der Waals surface area (Å²) in [4.78, 5) is 10.9. The Hall–Kier alpha value is -1.91. The summed E-state index contributed by atoms with van der Waals surface area (Å²) in [5, 5.41) is 17.1. The molecule has 5 heteroatoms. The number of aromatic carboxylic acids is 1. The molecule has 1 atom stereocenters. The molecule has 0 aliphatic carbocycles. The van der Waals surface area contributed by atoms with Gasteiger partial charge in [0.05, 0.1) is 17.1 Å². The molecule has 0 bridgehead atoms. The van der Waals surface area contributed by atoms with Crippen LogP contribution in [0.25, 0.3) is 11.0 Å². The van der Waals surface area contributed by atoms with Gasteiger partial charge in [-0.05, 0) is 31.5 Å². The van der Waals surface area contributed by atoms with E-state index in [1.807, 2.05) is 4.68 Å². The van der Waals surface area contributed by atoms with Gasteiger partial charge in [0.2, 0.25) is 0 Å². The average Bonchev–Trinajstić information content (AvgIpc) is 2.78. The van der Waals surface area contributed by atoms with Gasteiger partial charge in [-0.25, -0.2) is 9.48 Å².